The summed E-state index contributed by atoms with van der Waals surface area (Å²) >= 11 is 5.64. The van der Waals surface area contributed by atoms with Crippen LogP contribution in [-0.2, 0) is 4.74 Å². The molecular weight excluding hydrogens is 249 g/mol. The zero-order valence-electron chi connectivity index (χ0n) is 9.35. The van der Waals surface area contributed by atoms with Crippen LogP contribution in [-0.4, -0.2) is 34.4 Å². The summed E-state index contributed by atoms with van der Waals surface area (Å²) in [6.07, 6.45) is 0.772. The van der Waals surface area contributed by atoms with Crippen molar-refractivity contribution in [2.45, 2.75) is 25.6 Å². The first-order valence-electron chi connectivity index (χ1n) is 5.03. The van der Waals surface area contributed by atoms with Crippen LogP contribution in [0.25, 0.3) is 0 Å². The predicted octanol–water partition coefficient (Wildman–Crippen LogP) is 2.20. The second kappa shape index (κ2) is 4.10. The highest BCUT2D eigenvalue weighted by molar-refractivity contribution is 6.28. The van der Waals surface area contributed by atoms with Crippen LogP contribution >= 0.6 is 11.6 Å². The quantitative estimate of drug-likeness (QED) is 0.764. The Labute approximate surface area is 103 Å². The van der Waals surface area contributed by atoms with Gasteiger partial charge in [-0.15, -0.1) is 0 Å². The van der Waals surface area contributed by atoms with Gasteiger partial charge in [-0.05, 0) is 31.5 Å². The molecule has 1 aliphatic rings. The number of cyclic esters (lactones) is 1. The number of alkyl halides is 1. The molecule has 1 unspecified atom stereocenters. The Balaban J connectivity index is 2.38. The van der Waals surface area contributed by atoms with E-state index in [4.69, 9.17) is 16.3 Å². The lowest BCUT2D eigenvalue weighted by Gasteiger charge is -2.27. The van der Waals surface area contributed by atoms with Crippen LogP contribution in [0.4, 0.5) is 15.0 Å². The van der Waals surface area contributed by atoms with E-state index in [-0.39, 0.29) is 17.7 Å². The standard InChI is InChI=1S/C10H11ClFN3O2/c1-10(2,12)6-5-17-9(16)15(6)7-3-4-13-8(11)14-7/h3-4,6H,5H2,1-2H3. The fraction of sp³-hybridized carbons (Fsp3) is 0.500. The summed E-state index contributed by atoms with van der Waals surface area (Å²) in [5.41, 5.74) is -1.59. The Morgan fingerprint density at radius 3 is 2.94 bits per heavy atom. The third-order valence-electron chi connectivity index (χ3n) is 2.52. The Bertz CT molecular complexity index is 449. The predicted molar refractivity (Wildman–Crippen MR) is 59.8 cm³/mol. The molecule has 1 aromatic rings. The van der Waals surface area contributed by atoms with E-state index in [1.807, 2.05) is 0 Å². The summed E-state index contributed by atoms with van der Waals surface area (Å²) in [7, 11) is 0. The van der Waals surface area contributed by atoms with Gasteiger partial charge in [0.25, 0.3) is 0 Å². The number of halogens is 2. The number of ether oxygens (including phenoxy) is 1. The zero-order chi connectivity index (χ0) is 12.6. The summed E-state index contributed by atoms with van der Waals surface area (Å²) in [6, 6.07) is 0.762. The van der Waals surface area contributed by atoms with Crippen molar-refractivity contribution in [2.24, 2.45) is 0 Å². The minimum atomic E-state index is -1.59. The van der Waals surface area contributed by atoms with Gasteiger partial charge in [0.2, 0.25) is 5.28 Å². The molecule has 1 amide bonds. The van der Waals surface area contributed by atoms with Crippen molar-refractivity contribution in [1.29, 1.82) is 0 Å². The Morgan fingerprint density at radius 1 is 1.65 bits per heavy atom. The second-order valence-corrected chi connectivity index (χ2v) is 4.55. The van der Waals surface area contributed by atoms with Crippen molar-refractivity contribution in [3.05, 3.63) is 17.5 Å². The molecule has 0 spiro atoms. The zero-order valence-corrected chi connectivity index (χ0v) is 10.1. The minimum absolute atomic E-state index is 0.00221. The number of rotatable bonds is 2. The summed E-state index contributed by atoms with van der Waals surface area (Å²) < 4.78 is 18.8. The van der Waals surface area contributed by atoms with E-state index in [2.05, 4.69) is 9.97 Å². The Kier molecular flexibility index (Phi) is 2.91. The van der Waals surface area contributed by atoms with Crippen LogP contribution in [0.3, 0.4) is 0 Å². The van der Waals surface area contributed by atoms with Crippen LogP contribution in [0.5, 0.6) is 0 Å². The molecule has 1 fully saturated rings. The van der Waals surface area contributed by atoms with Gasteiger partial charge in [-0.2, -0.15) is 0 Å². The van der Waals surface area contributed by atoms with E-state index in [1.165, 1.54) is 26.1 Å². The molecule has 0 N–H and O–H groups in total. The lowest BCUT2D eigenvalue weighted by molar-refractivity contribution is 0.144. The maximum absolute atomic E-state index is 14.0. The molecule has 1 saturated heterocycles. The molecule has 5 nitrogen and oxygen atoms in total. The van der Waals surface area contributed by atoms with Crippen LogP contribution in [0.15, 0.2) is 12.3 Å². The molecule has 0 aliphatic carbocycles. The topological polar surface area (TPSA) is 55.3 Å². The van der Waals surface area contributed by atoms with Gasteiger partial charge in [0.15, 0.2) is 0 Å². The monoisotopic (exact) mass is 259 g/mol. The SMILES string of the molecule is CC(C)(F)C1COC(=O)N1c1ccnc(Cl)n1. The van der Waals surface area contributed by atoms with E-state index in [0.717, 1.165) is 4.90 Å². The fourth-order valence-electron chi connectivity index (χ4n) is 1.64. The highest BCUT2D eigenvalue weighted by Crippen LogP contribution is 2.30. The molecule has 1 aliphatic heterocycles. The minimum Gasteiger partial charge on any atom is -0.447 e. The van der Waals surface area contributed by atoms with Crippen LogP contribution in [0, 0.1) is 0 Å². The highest BCUT2D eigenvalue weighted by atomic mass is 35.5. The molecule has 2 rings (SSSR count). The Hall–Kier alpha value is -1.43. The Morgan fingerprint density at radius 2 is 2.35 bits per heavy atom. The third-order valence-corrected chi connectivity index (χ3v) is 2.71. The van der Waals surface area contributed by atoms with Crippen molar-refractivity contribution in [3.8, 4) is 0 Å². The van der Waals surface area contributed by atoms with Gasteiger partial charge >= 0.3 is 6.09 Å². The van der Waals surface area contributed by atoms with Crippen LogP contribution in [0.2, 0.25) is 5.28 Å². The summed E-state index contributed by atoms with van der Waals surface area (Å²) in [6.45, 7) is 2.76. The number of hydrogen-bond donors (Lipinski definition) is 0. The molecule has 0 saturated carbocycles. The van der Waals surface area contributed by atoms with Crippen LogP contribution in [0.1, 0.15) is 13.8 Å². The maximum atomic E-state index is 14.0. The van der Waals surface area contributed by atoms with E-state index in [0.29, 0.717) is 0 Å². The number of anilines is 1. The first-order valence-corrected chi connectivity index (χ1v) is 5.41. The maximum Gasteiger partial charge on any atom is 0.416 e. The lowest BCUT2D eigenvalue weighted by Crippen LogP contribution is -2.46. The highest BCUT2D eigenvalue weighted by Gasteiger charge is 2.45. The number of nitrogens with zero attached hydrogens (tertiary/aromatic N) is 3. The number of carbonyl (C=O) groups is 1. The molecule has 2 heterocycles. The van der Waals surface area contributed by atoms with Crippen molar-refractivity contribution in [3.63, 3.8) is 0 Å². The van der Waals surface area contributed by atoms with E-state index < -0.39 is 17.8 Å². The van der Waals surface area contributed by atoms with Crippen molar-refractivity contribution in [1.82, 2.24) is 9.97 Å². The van der Waals surface area contributed by atoms with E-state index >= 15 is 0 Å². The molecule has 0 bridgehead atoms. The summed E-state index contributed by atoms with van der Waals surface area (Å²) in [4.78, 5) is 20.3. The summed E-state index contributed by atoms with van der Waals surface area (Å²) in [5, 5.41) is -0.00221. The molecular formula is C10H11ClFN3O2. The summed E-state index contributed by atoms with van der Waals surface area (Å²) in [5.74, 6) is 0.239. The first kappa shape index (κ1) is 12.0. The van der Waals surface area contributed by atoms with Gasteiger partial charge in [-0.1, -0.05) is 0 Å². The average Bonchev–Trinajstić information content (AvgIpc) is 2.59. The van der Waals surface area contributed by atoms with Crippen LogP contribution < -0.4 is 4.90 Å². The number of hydrogen-bond acceptors (Lipinski definition) is 4. The van der Waals surface area contributed by atoms with Gasteiger partial charge < -0.3 is 4.74 Å². The molecule has 1 atom stereocenters. The van der Waals surface area contributed by atoms with Gasteiger partial charge in [-0.25, -0.2) is 19.2 Å². The number of amides is 1. The number of carbonyl (C=O) groups excluding carboxylic acids is 1. The molecule has 17 heavy (non-hydrogen) atoms. The van der Waals surface area contributed by atoms with Gasteiger partial charge in [0.05, 0.1) is 0 Å². The van der Waals surface area contributed by atoms with E-state index in [1.54, 1.807) is 0 Å². The number of aromatic nitrogens is 2. The molecule has 0 radical (unpaired) electrons. The van der Waals surface area contributed by atoms with Crippen molar-refractivity contribution < 1.29 is 13.9 Å². The van der Waals surface area contributed by atoms with E-state index in [9.17, 15) is 9.18 Å². The fourth-order valence-corrected chi connectivity index (χ4v) is 1.78. The average molecular weight is 260 g/mol. The molecule has 92 valence electrons. The lowest BCUT2D eigenvalue weighted by atomic mass is 10.0. The molecule has 1 aromatic heterocycles. The van der Waals surface area contributed by atoms with Gasteiger partial charge in [-0.3, -0.25) is 4.90 Å². The van der Waals surface area contributed by atoms with Gasteiger partial charge in [0.1, 0.15) is 24.1 Å². The smallest absolute Gasteiger partial charge is 0.416 e. The third kappa shape index (κ3) is 2.31. The molecule has 7 heteroatoms. The van der Waals surface area contributed by atoms with Crippen molar-refractivity contribution in [2.75, 3.05) is 11.5 Å². The largest absolute Gasteiger partial charge is 0.447 e. The second-order valence-electron chi connectivity index (χ2n) is 4.21. The molecule has 0 aromatic carbocycles. The van der Waals surface area contributed by atoms with Crippen molar-refractivity contribution >= 4 is 23.5 Å². The van der Waals surface area contributed by atoms with Gasteiger partial charge in [0, 0.05) is 6.20 Å². The first-order chi connectivity index (χ1) is 7.89. The normalized spacial score (nSPS) is 20.6.